The molecule has 4 heteroatoms. The first-order valence-electron chi connectivity index (χ1n) is 6.23. The Morgan fingerprint density at radius 3 is 2.72 bits per heavy atom. The Balaban J connectivity index is 2.00. The molecule has 1 saturated carbocycles. The van der Waals surface area contributed by atoms with E-state index in [0.29, 0.717) is 12.0 Å². The number of carbonyl (C=O) groups is 1. The summed E-state index contributed by atoms with van der Waals surface area (Å²) in [6.07, 6.45) is 4.69. The summed E-state index contributed by atoms with van der Waals surface area (Å²) in [5, 5.41) is 0. The van der Waals surface area contributed by atoms with Crippen molar-refractivity contribution in [2.24, 2.45) is 5.73 Å². The zero-order valence-corrected chi connectivity index (χ0v) is 11.8. The van der Waals surface area contributed by atoms with E-state index in [-0.39, 0.29) is 23.6 Å². The number of ketones is 1. The Morgan fingerprint density at radius 2 is 2.06 bits per heavy atom. The Bertz CT molecular complexity index is 455. The molecule has 2 nitrogen and oxygen atoms in total. The van der Waals surface area contributed by atoms with E-state index in [0.717, 1.165) is 30.2 Å². The van der Waals surface area contributed by atoms with Crippen LogP contribution in [0, 0.1) is 5.82 Å². The molecule has 0 spiro atoms. The number of Topliss-reactive ketones (excluding diaryl/α,β-unsaturated/α-hetero) is 1. The molecular formula is C14H17BrFNO. The quantitative estimate of drug-likeness (QED) is 0.926. The van der Waals surface area contributed by atoms with Crippen LogP contribution in [0.3, 0.4) is 0 Å². The summed E-state index contributed by atoms with van der Waals surface area (Å²) in [6.45, 7) is 0. The minimum absolute atomic E-state index is 0.0886. The van der Waals surface area contributed by atoms with E-state index >= 15 is 0 Å². The van der Waals surface area contributed by atoms with Crippen molar-refractivity contribution in [2.75, 3.05) is 0 Å². The van der Waals surface area contributed by atoms with Gasteiger partial charge in [0, 0.05) is 22.9 Å². The summed E-state index contributed by atoms with van der Waals surface area (Å²) >= 11 is 3.33. The van der Waals surface area contributed by atoms with E-state index in [2.05, 4.69) is 15.9 Å². The number of halogens is 2. The van der Waals surface area contributed by atoms with Crippen molar-refractivity contribution in [3.8, 4) is 0 Å². The van der Waals surface area contributed by atoms with Crippen LogP contribution in [0.4, 0.5) is 4.39 Å². The molecular weight excluding hydrogens is 297 g/mol. The van der Waals surface area contributed by atoms with E-state index in [4.69, 9.17) is 5.73 Å². The predicted octanol–water partition coefficient (Wildman–Crippen LogP) is 3.36. The molecule has 1 aromatic carbocycles. The van der Waals surface area contributed by atoms with Crippen LogP contribution >= 0.6 is 15.9 Å². The maximum Gasteiger partial charge on any atom is 0.139 e. The van der Waals surface area contributed by atoms with Crippen LogP contribution in [0.25, 0.3) is 0 Å². The van der Waals surface area contributed by atoms with Gasteiger partial charge in [-0.1, -0.05) is 28.8 Å². The molecule has 2 rings (SSSR count). The van der Waals surface area contributed by atoms with E-state index < -0.39 is 0 Å². The van der Waals surface area contributed by atoms with E-state index in [1.165, 1.54) is 12.1 Å². The summed E-state index contributed by atoms with van der Waals surface area (Å²) in [6, 6.07) is 4.41. The van der Waals surface area contributed by atoms with Gasteiger partial charge in [-0.05, 0) is 36.6 Å². The molecule has 0 saturated heterocycles. The maximum absolute atomic E-state index is 13.1. The van der Waals surface area contributed by atoms with Gasteiger partial charge in [-0.3, -0.25) is 4.79 Å². The Hall–Kier alpha value is -0.740. The van der Waals surface area contributed by atoms with Crippen LogP contribution in [-0.2, 0) is 11.2 Å². The maximum atomic E-state index is 13.1. The summed E-state index contributed by atoms with van der Waals surface area (Å²) < 4.78 is 13.9. The molecule has 0 bridgehead atoms. The molecule has 0 unspecified atom stereocenters. The SMILES string of the molecule is NC1(CC(=O)Cc2cc(F)ccc2Br)CCCC1. The van der Waals surface area contributed by atoms with Gasteiger partial charge in [0.05, 0.1) is 0 Å². The molecule has 98 valence electrons. The Kier molecular flexibility index (Phi) is 4.17. The molecule has 1 aliphatic rings. The lowest BCUT2D eigenvalue weighted by Crippen LogP contribution is -2.39. The number of benzene rings is 1. The summed E-state index contributed by atoms with van der Waals surface area (Å²) in [5.41, 5.74) is 6.55. The van der Waals surface area contributed by atoms with Crippen molar-refractivity contribution in [2.45, 2.75) is 44.1 Å². The van der Waals surface area contributed by atoms with Crippen molar-refractivity contribution in [3.05, 3.63) is 34.1 Å². The number of nitrogens with two attached hydrogens (primary N) is 1. The highest BCUT2D eigenvalue weighted by molar-refractivity contribution is 9.10. The van der Waals surface area contributed by atoms with Crippen molar-refractivity contribution >= 4 is 21.7 Å². The van der Waals surface area contributed by atoms with Crippen LogP contribution in [-0.4, -0.2) is 11.3 Å². The first kappa shape index (κ1) is 13.7. The highest BCUT2D eigenvalue weighted by Crippen LogP contribution is 2.31. The fourth-order valence-electron chi connectivity index (χ4n) is 2.60. The highest BCUT2D eigenvalue weighted by Gasteiger charge is 2.31. The van der Waals surface area contributed by atoms with Gasteiger partial charge in [-0.25, -0.2) is 4.39 Å². The molecule has 0 aromatic heterocycles. The summed E-state index contributed by atoms with van der Waals surface area (Å²) in [5.74, 6) is -0.227. The van der Waals surface area contributed by atoms with Crippen molar-refractivity contribution < 1.29 is 9.18 Å². The molecule has 0 amide bonds. The monoisotopic (exact) mass is 313 g/mol. The molecule has 0 atom stereocenters. The fourth-order valence-corrected chi connectivity index (χ4v) is 2.99. The highest BCUT2D eigenvalue weighted by atomic mass is 79.9. The first-order valence-corrected chi connectivity index (χ1v) is 7.02. The second-order valence-corrected chi connectivity index (χ2v) is 6.05. The lowest BCUT2D eigenvalue weighted by molar-refractivity contribution is -0.119. The van der Waals surface area contributed by atoms with Crippen LogP contribution in [0.5, 0.6) is 0 Å². The zero-order valence-electron chi connectivity index (χ0n) is 10.2. The largest absolute Gasteiger partial charge is 0.325 e. The third-order valence-electron chi connectivity index (χ3n) is 3.54. The van der Waals surface area contributed by atoms with Crippen molar-refractivity contribution in [1.29, 1.82) is 0 Å². The average Bonchev–Trinajstić information content (AvgIpc) is 2.70. The normalized spacial score (nSPS) is 17.9. The average molecular weight is 314 g/mol. The molecule has 18 heavy (non-hydrogen) atoms. The fraction of sp³-hybridized carbons (Fsp3) is 0.500. The number of rotatable bonds is 4. The second kappa shape index (κ2) is 5.49. The van der Waals surface area contributed by atoms with Crippen molar-refractivity contribution in [3.63, 3.8) is 0 Å². The number of hydrogen-bond acceptors (Lipinski definition) is 2. The van der Waals surface area contributed by atoms with E-state index in [1.807, 2.05) is 0 Å². The molecule has 0 radical (unpaired) electrons. The summed E-state index contributed by atoms with van der Waals surface area (Å²) in [4.78, 5) is 12.0. The van der Waals surface area contributed by atoms with Crippen molar-refractivity contribution in [1.82, 2.24) is 0 Å². The standard InChI is InChI=1S/C14H17BrFNO/c15-13-4-3-11(16)7-10(13)8-12(18)9-14(17)5-1-2-6-14/h3-4,7H,1-2,5-6,8-9,17H2. The third-order valence-corrected chi connectivity index (χ3v) is 4.32. The molecule has 1 aliphatic carbocycles. The van der Waals surface area contributed by atoms with Gasteiger partial charge in [-0.15, -0.1) is 0 Å². The molecule has 0 heterocycles. The topological polar surface area (TPSA) is 43.1 Å². The smallest absolute Gasteiger partial charge is 0.139 e. The zero-order chi connectivity index (χ0) is 13.2. The molecule has 1 aromatic rings. The summed E-state index contributed by atoms with van der Waals surface area (Å²) in [7, 11) is 0. The first-order chi connectivity index (χ1) is 8.48. The Morgan fingerprint density at radius 1 is 1.39 bits per heavy atom. The molecule has 2 N–H and O–H groups in total. The minimum atomic E-state index is -0.323. The van der Waals surface area contributed by atoms with Gasteiger partial charge >= 0.3 is 0 Å². The van der Waals surface area contributed by atoms with Gasteiger partial charge in [0.2, 0.25) is 0 Å². The lowest BCUT2D eigenvalue weighted by atomic mass is 9.90. The van der Waals surface area contributed by atoms with Crippen LogP contribution < -0.4 is 5.73 Å². The number of carbonyl (C=O) groups excluding carboxylic acids is 1. The van der Waals surface area contributed by atoms with Gasteiger partial charge in [-0.2, -0.15) is 0 Å². The Labute approximate surface area is 115 Å². The van der Waals surface area contributed by atoms with E-state index in [1.54, 1.807) is 6.07 Å². The third kappa shape index (κ3) is 3.39. The van der Waals surface area contributed by atoms with Crippen LogP contribution in [0.15, 0.2) is 22.7 Å². The van der Waals surface area contributed by atoms with Gasteiger partial charge < -0.3 is 5.73 Å². The van der Waals surface area contributed by atoms with Crippen LogP contribution in [0.1, 0.15) is 37.7 Å². The van der Waals surface area contributed by atoms with Gasteiger partial charge in [0.25, 0.3) is 0 Å². The van der Waals surface area contributed by atoms with Crippen LogP contribution in [0.2, 0.25) is 0 Å². The molecule has 1 fully saturated rings. The minimum Gasteiger partial charge on any atom is -0.325 e. The second-order valence-electron chi connectivity index (χ2n) is 5.20. The van der Waals surface area contributed by atoms with Gasteiger partial charge in [0.15, 0.2) is 0 Å². The predicted molar refractivity (Wildman–Crippen MR) is 72.8 cm³/mol. The van der Waals surface area contributed by atoms with E-state index in [9.17, 15) is 9.18 Å². The lowest BCUT2D eigenvalue weighted by Gasteiger charge is -2.22. The number of hydrogen-bond donors (Lipinski definition) is 1. The molecule has 0 aliphatic heterocycles. The van der Waals surface area contributed by atoms with Gasteiger partial charge in [0.1, 0.15) is 11.6 Å².